The van der Waals surface area contributed by atoms with Crippen LogP contribution in [0, 0.1) is 0 Å². The minimum Gasteiger partial charge on any atom is -0.211 e. The summed E-state index contributed by atoms with van der Waals surface area (Å²) in [7, 11) is 0. The van der Waals surface area contributed by atoms with Crippen molar-refractivity contribution in [3.8, 4) is 0 Å². The van der Waals surface area contributed by atoms with Crippen LogP contribution in [0.4, 0.5) is 0 Å². The highest BCUT2D eigenvalue weighted by molar-refractivity contribution is 5.38. The molecule has 2 unspecified atom stereocenters. The lowest BCUT2D eigenvalue weighted by molar-refractivity contribution is 0.468. The third-order valence-electron chi connectivity index (χ3n) is 3.69. The average molecular weight is 231 g/mol. The fourth-order valence-electron chi connectivity index (χ4n) is 1.85. The van der Waals surface area contributed by atoms with E-state index >= 15 is 0 Å². The van der Waals surface area contributed by atoms with Crippen molar-refractivity contribution in [2.24, 2.45) is 4.99 Å². The number of nitrogens with zero attached hydrogens (tertiary/aromatic N) is 1. The second-order valence-corrected chi connectivity index (χ2v) is 4.76. The summed E-state index contributed by atoms with van der Waals surface area (Å²) in [5.41, 5.74) is 1.98. The Hall–Kier alpha value is -1.40. The number of aliphatic imine (C=N–C) groups is 1. The predicted octanol–water partition coefficient (Wildman–Crippen LogP) is 4.16. The third-order valence-corrected chi connectivity index (χ3v) is 3.69. The molecular formula is C15H21NO. The Labute approximate surface area is 104 Å². The lowest BCUT2D eigenvalue weighted by atomic mass is 9.88. The van der Waals surface area contributed by atoms with Gasteiger partial charge < -0.3 is 0 Å². The highest BCUT2D eigenvalue weighted by Crippen LogP contribution is 2.30. The van der Waals surface area contributed by atoms with E-state index in [1.54, 1.807) is 6.08 Å². The topological polar surface area (TPSA) is 29.4 Å². The molecule has 2 nitrogen and oxygen atoms in total. The van der Waals surface area contributed by atoms with Crippen molar-refractivity contribution < 1.29 is 4.79 Å². The summed E-state index contributed by atoms with van der Waals surface area (Å²) in [5.74, 6) is 0.575. The fourth-order valence-corrected chi connectivity index (χ4v) is 1.85. The molecule has 0 N–H and O–H groups in total. The Morgan fingerprint density at radius 3 is 2.29 bits per heavy atom. The zero-order chi connectivity index (χ0) is 12.9. The zero-order valence-corrected chi connectivity index (χ0v) is 11.2. The normalized spacial score (nSPS) is 15.8. The van der Waals surface area contributed by atoms with E-state index in [0.717, 1.165) is 18.4 Å². The number of hydrogen-bond acceptors (Lipinski definition) is 2. The second kappa shape index (κ2) is 5.79. The summed E-state index contributed by atoms with van der Waals surface area (Å²) < 4.78 is 0. The van der Waals surface area contributed by atoms with Gasteiger partial charge in [-0.15, -0.1) is 0 Å². The van der Waals surface area contributed by atoms with Gasteiger partial charge in [0.1, 0.15) is 0 Å². The molecule has 1 aromatic rings. The zero-order valence-electron chi connectivity index (χ0n) is 11.2. The molecule has 17 heavy (non-hydrogen) atoms. The maximum absolute atomic E-state index is 10.5. The van der Waals surface area contributed by atoms with Crippen LogP contribution in [0.1, 0.15) is 57.6 Å². The molecule has 0 saturated heterocycles. The Balaban J connectivity index is 3.04. The van der Waals surface area contributed by atoms with E-state index in [2.05, 4.69) is 43.1 Å². The van der Waals surface area contributed by atoms with Gasteiger partial charge in [0.05, 0.1) is 5.54 Å². The van der Waals surface area contributed by atoms with Crippen molar-refractivity contribution in [3.63, 3.8) is 0 Å². The molecule has 0 aliphatic rings. The van der Waals surface area contributed by atoms with E-state index in [-0.39, 0.29) is 0 Å². The lowest BCUT2D eigenvalue weighted by Gasteiger charge is -2.22. The van der Waals surface area contributed by atoms with Gasteiger partial charge in [0.25, 0.3) is 0 Å². The molecule has 0 aliphatic heterocycles. The molecule has 0 amide bonds. The minimum absolute atomic E-state index is 0.435. The average Bonchev–Trinajstić information content (AvgIpc) is 2.38. The van der Waals surface area contributed by atoms with Gasteiger partial charge in [0.2, 0.25) is 6.08 Å². The number of hydrogen-bond donors (Lipinski definition) is 0. The summed E-state index contributed by atoms with van der Waals surface area (Å²) in [6.07, 6.45) is 3.61. The summed E-state index contributed by atoms with van der Waals surface area (Å²) in [6, 6.07) is 8.42. The molecule has 0 spiro atoms. The van der Waals surface area contributed by atoms with Crippen molar-refractivity contribution in [3.05, 3.63) is 35.4 Å². The summed E-state index contributed by atoms with van der Waals surface area (Å²) >= 11 is 0. The molecule has 0 aromatic heterocycles. The van der Waals surface area contributed by atoms with Gasteiger partial charge in [-0.3, -0.25) is 0 Å². The molecule has 0 saturated carbocycles. The van der Waals surface area contributed by atoms with Gasteiger partial charge in [-0.1, -0.05) is 45.0 Å². The van der Waals surface area contributed by atoms with Crippen LogP contribution in [-0.2, 0) is 10.3 Å². The van der Waals surface area contributed by atoms with E-state index < -0.39 is 5.54 Å². The number of rotatable bonds is 5. The Kier molecular flexibility index (Phi) is 4.65. The summed E-state index contributed by atoms with van der Waals surface area (Å²) in [5, 5.41) is 0. The monoisotopic (exact) mass is 231 g/mol. The standard InChI is InChI=1S/C15H21NO/c1-5-12(3)13-7-9-14(10-8-13)15(4,6-2)16-11-17/h7-10,12H,5-6H2,1-4H3. The number of isocyanates is 1. The quantitative estimate of drug-likeness (QED) is 0.552. The first-order chi connectivity index (χ1) is 8.07. The summed E-state index contributed by atoms with van der Waals surface area (Å²) in [4.78, 5) is 14.4. The van der Waals surface area contributed by atoms with E-state index in [1.165, 1.54) is 5.56 Å². The molecule has 0 heterocycles. The van der Waals surface area contributed by atoms with Crippen LogP contribution >= 0.6 is 0 Å². The van der Waals surface area contributed by atoms with Crippen molar-refractivity contribution in [2.45, 2.75) is 52.0 Å². The van der Waals surface area contributed by atoms with Crippen molar-refractivity contribution in [1.82, 2.24) is 0 Å². The largest absolute Gasteiger partial charge is 0.235 e. The first-order valence-electron chi connectivity index (χ1n) is 6.26. The van der Waals surface area contributed by atoms with Gasteiger partial charge in [-0.25, -0.2) is 4.79 Å². The molecule has 0 fully saturated rings. The van der Waals surface area contributed by atoms with Gasteiger partial charge in [0.15, 0.2) is 0 Å². The third kappa shape index (κ3) is 3.04. The van der Waals surface area contributed by atoms with Crippen LogP contribution in [0.25, 0.3) is 0 Å². The van der Waals surface area contributed by atoms with Crippen LogP contribution < -0.4 is 0 Å². The highest BCUT2D eigenvalue weighted by atomic mass is 16.1. The molecule has 2 heteroatoms. The van der Waals surface area contributed by atoms with E-state index in [4.69, 9.17) is 0 Å². The first kappa shape index (κ1) is 13.7. The molecule has 0 aliphatic carbocycles. The molecular weight excluding hydrogens is 210 g/mol. The smallest absolute Gasteiger partial charge is 0.211 e. The predicted molar refractivity (Wildman–Crippen MR) is 70.9 cm³/mol. The van der Waals surface area contributed by atoms with Crippen LogP contribution in [0.5, 0.6) is 0 Å². The van der Waals surface area contributed by atoms with E-state index in [1.807, 2.05) is 13.8 Å². The Morgan fingerprint density at radius 1 is 1.29 bits per heavy atom. The van der Waals surface area contributed by atoms with Crippen molar-refractivity contribution in [2.75, 3.05) is 0 Å². The van der Waals surface area contributed by atoms with Crippen molar-refractivity contribution >= 4 is 6.08 Å². The SMILES string of the molecule is CCC(C)c1ccc(C(C)(CC)N=C=O)cc1. The van der Waals surface area contributed by atoms with Crippen LogP contribution in [0.15, 0.2) is 29.3 Å². The van der Waals surface area contributed by atoms with E-state index in [9.17, 15) is 4.79 Å². The maximum Gasteiger partial charge on any atom is 0.235 e. The van der Waals surface area contributed by atoms with Crippen LogP contribution in [0.3, 0.4) is 0 Å². The van der Waals surface area contributed by atoms with E-state index in [0.29, 0.717) is 5.92 Å². The second-order valence-electron chi connectivity index (χ2n) is 4.76. The first-order valence-corrected chi connectivity index (χ1v) is 6.26. The van der Waals surface area contributed by atoms with Gasteiger partial charge in [0, 0.05) is 0 Å². The fraction of sp³-hybridized carbons (Fsp3) is 0.533. The lowest BCUT2D eigenvalue weighted by Crippen LogP contribution is -2.17. The molecule has 1 aromatic carbocycles. The van der Waals surface area contributed by atoms with Crippen molar-refractivity contribution in [1.29, 1.82) is 0 Å². The molecule has 0 radical (unpaired) electrons. The van der Waals surface area contributed by atoms with Gasteiger partial charge >= 0.3 is 0 Å². The Morgan fingerprint density at radius 2 is 1.88 bits per heavy atom. The Bertz CT molecular complexity index is 403. The maximum atomic E-state index is 10.5. The van der Waals surface area contributed by atoms with Crippen LogP contribution in [0.2, 0.25) is 0 Å². The molecule has 92 valence electrons. The molecule has 2 atom stereocenters. The summed E-state index contributed by atoms with van der Waals surface area (Å²) in [6.45, 7) is 8.41. The van der Waals surface area contributed by atoms with Gasteiger partial charge in [-0.2, -0.15) is 4.99 Å². The van der Waals surface area contributed by atoms with Crippen LogP contribution in [-0.4, -0.2) is 6.08 Å². The highest BCUT2D eigenvalue weighted by Gasteiger charge is 2.23. The number of carbonyl (C=O) groups excluding carboxylic acids is 1. The van der Waals surface area contributed by atoms with Gasteiger partial charge in [-0.05, 0) is 36.8 Å². The number of benzene rings is 1. The molecule has 0 bridgehead atoms. The minimum atomic E-state index is -0.435. The molecule has 1 rings (SSSR count).